The van der Waals surface area contributed by atoms with Gasteiger partial charge >= 0.3 is 6.03 Å². The van der Waals surface area contributed by atoms with E-state index in [9.17, 15) is 9.59 Å². The number of anilines is 1. The van der Waals surface area contributed by atoms with Crippen molar-refractivity contribution in [3.05, 3.63) is 29.8 Å². The fraction of sp³-hybridized carbons (Fsp3) is 0.500. The van der Waals surface area contributed by atoms with Crippen molar-refractivity contribution >= 4 is 17.6 Å². The van der Waals surface area contributed by atoms with Crippen molar-refractivity contribution in [1.29, 1.82) is 0 Å². The largest absolute Gasteiger partial charge is 0.372 e. The summed E-state index contributed by atoms with van der Waals surface area (Å²) in [5, 5.41) is 7.72. The van der Waals surface area contributed by atoms with E-state index in [-0.39, 0.29) is 18.5 Å². The lowest BCUT2D eigenvalue weighted by molar-refractivity contribution is -0.119. The molecule has 3 amide bonds. The van der Waals surface area contributed by atoms with E-state index in [2.05, 4.69) is 33.0 Å². The zero-order valence-corrected chi connectivity index (χ0v) is 13.2. The van der Waals surface area contributed by atoms with E-state index >= 15 is 0 Å². The zero-order chi connectivity index (χ0) is 15.9. The first-order chi connectivity index (χ1) is 10.6. The van der Waals surface area contributed by atoms with Gasteiger partial charge in [-0.25, -0.2) is 4.79 Å². The predicted octanol–water partition coefficient (Wildman–Crippen LogP) is 1.39. The van der Waals surface area contributed by atoms with Crippen LogP contribution in [0.5, 0.6) is 0 Å². The molecule has 1 atom stereocenters. The van der Waals surface area contributed by atoms with Gasteiger partial charge in [-0.1, -0.05) is 12.1 Å². The van der Waals surface area contributed by atoms with Crippen LogP contribution in [0, 0.1) is 0 Å². The summed E-state index contributed by atoms with van der Waals surface area (Å²) in [5.41, 5.74) is 2.37. The molecule has 0 spiro atoms. The molecule has 1 saturated heterocycles. The molecule has 120 valence electrons. The third-order valence-electron chi connectivity index (χ3n) is 3.89. The standard InChI is InChI=1S/C16H24N4O2/c1-12(18-11-15(21)19-16(22)17-2)13-6-5-7-14(10-13)20-8-3-4-9-20/h5-7,10,12,18H,3-4,8-9,11H2,1-2H3,(H2,17,19,21,22). The van der Waals surface area contributed by atoms with Gasteiger partial charge in [0.15, 0.2) is 0 Å². The maximum absolute atomic E-state index is 11.6. The monoisotopic (exact) mass is 304 g/mol. The minimum Gasteiger partial charge on any atom is -0.372 e. The number of imide groups is 1. The third kappa shape index (κ3) is 4.46. The highest BCUT2D eigenvalue weighted by Gasteiger charge is 2.14. The lowest BCUT2D eigenvalue weighted by Gasteiger charge is -2.20. The van der Waals surface area contributed by atoms with E-state index in [1.807, 2.05) is 19.1 Å². The highest BCUT2D eigenvalue weighted by atomic mass is 16.2. The van der Waals surface area contributed by atoms with Crippen molar-refractivity contribution in [3.63, 3.8) is 0 Å². The van der Waals surface area contributed by atoms with Gasteiger partial charge in [-0.15, -0.1) is 0 Å². The molecule has 1 aliphatic heterocycles. The molecular formula is C16H24N4O2. The molecule has 1 heterocycles. The Morgan fingerprint density at radius 2 is 2.00 bits per heavy atom. The van der Waals surface area contributed by atoms with Crippen molar-refractivity contribution in [1.82, 2.24) is 16.0 Å². The Bertz CT molecular complexity index is 527. The highest BCUT2D eigenvalue weighted by Crippen LogP contribution is 2.23. The molecule has 1 aromatic rings. The maximum Gasteiger partial charge on any atom is 0.321 e. The van der Waals surface area contributed by atoms with Gasteiger partial charge in [-0.3, -0.25) is 10.1 Å². The minimum absolute atomic E-state index is 0.0398. The zero-order valence-electron chi connectivity index (χ0n) is 13.2. The average Bonchev–Trinajstić information content (AvgIpc) is 3.07. The molecule has 0 aliphatic carbocycles. The van der Waals surface area contributed by atoms with Crippen LogP contribution >= 0.6 is 0 Å². The Morgan fingerprint density at radius 3 is 2.68 bits per heavy atom. The summed E-state index contributed by atoms with van der Waals surface area (Å²) < 4.78 is 0. The van der Waals surface area contributed by atoms with Gasteiger partial charge in [0.1, 0.15) is 0 Å². The van der Waals surface area contributed by atoms with Crippen molar-refractivity contribution in [2.45, 2.75) is 25.8 Å². The maximum atomic E-state index is 11.6. The number of benzene rings is 1. The van der Waals surface area contributed by atoms with Crippen LogP contribution in [0.4, 0.5) is 10.5 Å². The van der Waals surface area contributed by atoms with Gasteiger partial charge in [0.2, 0.25) is 5.91 Å². The fourth-order valence-corrected chi connectivity index (χ4v) is 2.56. The molecule has 0 aromatic heterocycles. The van der Waals surface area contributed by atoms with Crippen LogP contribution in [0.25, 0.3) is 0 Å². The number of carbonyl (C=O) groups excluding carboxylic acids is 2. The molecule has 22 heavy (non-hydrogen) atoms. The summed E-state index contributed by atoms with van der Waals surface area (Å²) in [6.45, 7) is 4.33. The molecule has 6 nitrogen and oxygen atoms in total. The van der Waals surface area contributed by atoms with Crippen molar-refractivity contribution in [2.24, 2.45) is 0 Å². The molecule has 0 radical (unpaired) electrons. The summed E-state index contributed by atoms with van der Waals surface area (Å²) in [6.07, 6.45) is 2.50. The van der Waals surface area contributed by atoms with E-state index in [0.717, 1.165) is 18.7 Å². The Balaban J connectivity index is 1.89. The minimum atomic E-state index is -0.490. The Labute approximate surface area is 131 Å². The van der Waals surface area contributed by atoms with Gasteiger partial charge in [-0.05, 0) is 37.5 Å². The number of hydrogen-bond acceptors (Lipinski definition) is 4. The molecule has 6 heteroatoms. The third-order valence-corrected chi connectivity index (χ3v) is 3.89. The summed E-state index contributed by atoms with van der Waals surface area (Å²) in [5.74, 6) is -0.345. The van der Waals surface area contributed by atoms with Gasteiger partial charge in [-0.2, -0.15) is 0 Å². The molecule has 0 bridgehead atoms. The lowest BCUT2D eigenvalue weighted by Crippen LogP contribution is -2.42. The second-order valence-electron chi connectivity index (χ2n) is 5.52. The number of hydrogen-bond donors (Lipinski definition) is 3. The average molecular weight is 304 g/mol. The second kappa shape index (κ2) is 7.79. The number of rotatable bonds is 5. The first-order valence-corrected chi connectivity index (χ1v) is 7.70. The van der Waals surface area contributed by atoms with Crippen LogP contribution < -0.4 is 20.9 Å². The first kappa shape index (κ1) is 16.3. The summed E-state index contributed by atoms with van der Waals surface area (Å²) >= 11 is 0. The Kier molecular flexibility index (Phi) is 5.77. The number of urea groups is 1. The van der Waals surface area contributed by atoms with Crippen LogP contribution in [0.2, 0.25) is 0 Å². The summed E-state index contributed by atoms with van der Waals surface area (Å²) in [7, 11) is 1.47. The quantitative estimate of drug-likeness (QED) is 0.768. The topological polar surface area (TPSA) is 73.5 Å². The van der Waals surface area contributed by atoms with E-state index in [1.165, 1.54) is 25.6 Å². The molecule has 1 aromatic carbocycles. The van der Waals surface area contributed by atoms with Gasteiger partial charge in [0, 0.05) is 31.9 Å². The number of amides is 3. The number of nitrogens with zero attached hydrogens (tertiary/aromatic N) is 1. The molecule has 1 aliphatic rings. The summed E-state index contributed by atoms with van der Waals surface area (Å²) in [4.78, 5) is 25.0. The predicted molar refractivity (Wildman–Crippen MR) is 86.9 cm³/mol. The van der Waals surface area contributed by atoms with Gasteiger partial charge in [0.25, 0.3) is 0 Å². The van der Waals surface area contributed by atoms with Crippen LogP contribution in [-0.4, -0.2) is 38.6 Å². The molecule has 1 fully saturated rings. The van der Waals surface area contributed by atoms with E-state index in [0.29, 0.717) is 0 Å². The second-order valence-corrected chi connectivity index (χ2v) is 5.52. The Morgan fingerprint density at radius 1 is 1.27 bits per heavy atom. The highest BCUT2D eigenvalue weighted by molar-refractivity contribution is 5.95. The first-order valence-electron chi connectivity index (χ1n) is 7.70. The molecular weight excluding hydrogens is 280 g/mol. The van der Waals surface area contributed by atoms with Crippen molar-refractivity contribution in [3.8, 4) is 0 Å². The molecule has 1 unspecified atom stereocenters. The molecule has 0 saturated carbocycles. The van der Waals surface area contributed by atoms with Crippen LogP contribution in [0.15, 0.2) is 24.3 Å². The number of carbonyl (C=O) groups is 2. The van der Waals surface area contributed by atoms with E-state index < -0.39 is 6.03 Å². The normalized spacial score (nSPS) is 15.5. The van der Waals surface area contributed by atoms with E-state index in [4.69, 9.17) is 0 Å². The van der Waals surface area contributed by atoms with Gasteiger partial charge < -0.3 is 15.5 Å². The van der Waals surface area contributed by atoms with Crippen molar-refractivity contribution < 1.29 is 9.59 Å². The smallest absolute Gasteiger partial charge is 0.321 e. The fourth-order valence-electron chi connectivity index (χ4n) is 2.56. The van der Waals surface area contributed by atoms with Crippen molar-refractivity contribution in [2.75, 3.05) is 31.6 Å². The van der Waals surface area contributed by atoms with Crippen LogP contribution in [0.1, 0.15) is 31.4 Å². The Hall–Kier alpha value is -2.08. The molecule has 2 rings (SSSR count). The van der Waals surface area contributed by atoms with E-state index in [1.54, 1.807) is 0 Å². The SMILES string of the molecule is CNC(=O)NC(=O)CNC(C)c1cccc(N2CCCC2)c1. The summed E-state index contributed by atoms with van der Waals surface area (Å²) in [6, 6.07) is 7.94. The molecule has 3 N–H and O–H groups in total. The van der Waals surface area contributed by atoms with Crippen LogP contribution in [0.3, 0.4) is 0 Å². The number of nitrogens with one attached hydrogen (secondary N) is 3. The lowest BCUT2D eigenvalue weighted by atomic mass is 10.1. The van der Waals surface area contributed by atoms with Crippen LogP contribution in [-0.2, 0) is 4.79 Å². The van der Waals surface area contributed by atoms with Gasteiger partial charge in [0.05, 0.1) is 6.54 Å².